The van der Waals surface area contributed by atoms with E-state index in [2.05, 4.69) is 0 Å². The first-order valence-electron chi connectivity index (χ1n) is 11.2. The summed E-state index contributed by atoms with van der Waals surface area (Å²) >= 11 is 0. The first-order valence-corrected chi connectivity index (χ1v) is 11.2. The van der Waals surface area contributed by atoms with Gasteiger partial charge in [-0.2, -0.15) is 0 Å². The van der Waals surface area contributed by atoms with E-state index in [0.717, 1.165) is 18.4 Å². The van der Waals surface area contributed by atoms with E-state index in [1.165, 1.54) is 12.0 Å². The molecule has 1 amide bonds. The molecule has 2 saturated heterocycles. The van der Waals surface area contributed by atoms with Crippen LogP contribution >= 0.6 is 0 Å². The van der Waals surface area contributed by atoms with Gasteiger partial charge in [-0.25, -0.2) is 0 Å². The van der Waals surface area contributed by atoms with Crippen molar-refractivity contribution in [3.05, 3.63) is 64.7 Å². The second kappa shape index (κ2) is 9.67. The fraction of sp³-hybridized carbons (Fsp3) is 0.385. The average Bonchev–Trinajstić information content (AvgIpc) is 3.42. The van der Waals surface area contributed by atoms with Gasteiger partial charge in [0.25, 0.3) is 11.7 Å². The van der Waals surface area contributed by atoms with Crippen molar-refractivity contribution in [3.63, 3.8) is 0 Å². The Bertz CT molecular complexity index is 1070. The number of hydrogen-bond donors (Lipinski definition) is 1. The molecule has 2 fully saturated rings. The standard InChI is InChI=1S/C26H29NO6/c1-4-32-20-12-11-18(14-21(20)31-3)23-22(24(28)17-9-7-16(2)8-10-17)25(29)26(30)27(23)15-19-6-5-13-33-19/h7-12,14,19,23,28H,4-6,13,15H2,1-3H3/t19-,23-/m1/s1. The van der Waals surface area contributed by atoms with Gasteiger partial charge in [-0.05, 0) is 44.4 Å². The van der Waals surface area contributed by atoms with Gasteiger partial charge < -0.3 is 24.2 Å². The van der Waals surface area contributed by atoms with E-state index in [-0.39, 0.29) is 24.0 Å². The van der Waals surface area contributed by atoms with Crippen LogP contribution in [0.4, 0.5) is 0 Å². The number of hydrogen-bond acceptors (Lipinski definition) is 6. The lowest BCUT2D eigenvalue weighted by molar-refractivity contribution is -0.140. The lowest BCUT2D eigenvalue weighted by atomic mass is 9.94. The Labute approximate surface area is 193 Å². The highest BCUT2D eigenvalue weighted by molar-refractivity contribution is 6.46. The molecule has 33 heavy (non-hydrogen) atoms. The first kappa shape index (κ1) is 22.9. The number of carbonyl (C=O) groups excluding carboxylic acids is 2. The zero-order chi connectivity index (χ0) is 23.5. The highest BCUT2D eigenvalue weighted by Gasteiger charge is 2.47. The minimum absolute atomic E-state index is 0.0630. The van der Waals surface area contributed by atoms with Crippen LogP contribution in [0.15, 0.2) is 48.0 Å². The van der Waals surface area contributed by atoms with Crippen molar-refractivity contribution in [2.45, 2.75) is 38.8 Å². The molecule has 1 N–H and O–H groups in total. The van der Waals surface area contributed by atoms with Crippen LogP contribution in [0.25, 0.3) is 5.76 Å². The normalized spacial score (nSPS) is 22.1. The molecular weight excluding hydrogens is 422 g/mol. The van der Waals surface area contributed by atoms with E-state index in [0.29, 0.717) is 35.8 Å². The van der Waals surface area contributed by atoms with Crippen LogP contribution < -0.4 is 9.47 Å². The van der Waals surface area contributed by atoms with Crippen molar-refractivity contribution in [2.24, 2.45) is 0 Å². The molecular formula is C26H29NO6. The predicted octanol–water partition coefficient (Wildman–Crippen LogP) is 4.00. The van der Waals surface area contributed by atoms with Crippen LogP contribution in [0.3, 0.4) is 0 Å². The van der Waals surface area contributed by atoms with Gasteiger partial charge in [-0.15, -0.1) is 0 Å². The predicted molar refractivity (Wildman–Crippen MR) is 123 cm³/mol. The topological polar surface area (TPSA) is 85.3 Å². The number of methoxy groups -OCH3 is 1. The number of aryl methyl sites for hydroxylation is 1. The van der Waals surface area contributed by atoms with Gasteiger partial charge in [-0.3, -0.25) is 9.59 Å². The quantitative estimate of drug-likeness (QED) is 0.389. The van der Waals surface area contributed by atoms with Gasteiger partial charge in [0.15, 0.2) is 11.5 Å². The van der Waals surface area contributed by atoms with E-state index in [4.69, 9.17) is 14.2 Å². The van der Waals surface area contributed by atoms with Crippen LogP contribution in [0.1, 0.15) is 42.5 Å². The number of benzene rings is 2. The zero-order valence-electron chi connectivity index (χ0n) is 19.2. The SMILES string of the molecule is CCOc1ccc([C@@H]2C(=C(O)c3ccc(C)cc3)C(=O)C(=O)N2C[C@H]2CCCO2)cc1OC. The number of likely N-dealkylation sites (tertiary alicyclic amines) is 1. The number of nitrogens with zero attached hydrogens (tertiary/aromatic N) is 1. The lowest BCUT2D eigenvalue weighted by Gasteiger charge is -2.28. The van der Waals surface area contributed by atoms with Crippen LogP contribution in [-0.2, 0) is 14.3 Å². The molecule has 2 aromatic rings. The molecule has 0 spiro atoms. The fourth-order valence-corrected chi connectivity index (χ4v) is 4.42. The lowest BCUT2D eigenvalue weighted by Crippen LogP contribution is -2.36. The minimum Gasteiger partial charge on any atom is -0.507 e. The second-order valence-electron chi connectivity index (χ2n) is 8.30. The summed E-state index contributed by atoms with van der Waals surface area (Å²) in [5.41, 5.74) is 2.23. The molecule has 0 unspecified atom stereocenters. The number of ether oxygens (including phenoxy) is 3. The summed E-state index contributed by atoms with van der Waals surface area (Å²) in [6.45, 7) is 5.21. The maximum atomic E-state index is 13.2. The van der Waals surface area contributed by atoms with Crippen molar-refractivity contribution in [2.75, 3.05) is 26.9 Å². The molecule has 0 saturated carbocycles. The second-order valence-corrected chi connectivity index (χ2v) is 8.30. The molecule has 2 atom stereocenters. The van der Waals surface area contributed by atoms with E-state index < -0.39 is 17.7 Å². The van der Waals surface area contributed by atoms with Crippen LogP contribution in [0, 0.1) is 6.92 Å². The number of amides is 1. The Balaban J connectivity index is 1.83. The number of Topliss-reactive ketones (excluding diaryl/α,β-unsaturated/α-hetero) is 1. The molecule has 7 nitrogen and oxygen atoms in total. The molecule has 2 aromatic carbocycles. The van der Waals surface area contributed by atoms with E-state index >= 15 is 0 Å². The fourth-order valence-electron chi connectivity index (χ4n) is 4.42. The summed E-state index contributed by atoms with van der Waals surface area (Å²) in [5.74, 6) is -0.479. The summed E-state index contributed by atoms with van der Waals surface area (Å²) in [6.07, 6.45) is 1.59. The maximum absolute atomic E-state index is 13.2. The monoisotopic (exact) mass is 451 g/mol. The van der Waals surface area contributed by atoms with E-state index in [1.54, 1.807) is 30.3 Å². The number of rotatable bonds is 7. The molecule has 0 aromatic heterocycles. The molecule has 2 aliphatic heterocycles. The number of ketones is 1. The van der Waals surface area contributed by atoms with Crippen molar-refractivity contribution in [1.29, 1.82) is 0 Å². The van der Waals surface area contributed by atoms with Crippen LogP contribution in [0.5, 0.6) is 11.5 Å². The van der Waals surface area contributed by atoms with Crippen LogP contribution in [-0.4, -0.2) is 54.7 Å². The third-order valence-electron chi connectivity index (χ3n) is 6.09. The average molecular weight is 452 g/mol. The van der Waals surface area contributed by atoms with Gasteiger partial charge in [0, 0.05) is 18.7 Å². The van der Waals surface area contributed by atoms with E-state index in [9.17, 15) is 14.7 Å². The third kappa shape index (κ3) is 4.46. The Kier molecular flexibility index (Phi) is 6.70. The molecule has 0 radical (unpaired) electrons. The number of carbonyl (C=O) groups is 2. The summed E-state index contributed by atoms with van der Waals surface area (Å²) in [4.78, 5) is 27.8. The molecule has 2 aliphatic rings. The zero-order valence-corrected chi connectivity index (χ0v) is 19.2. The highest BCUT2D eigenvalue weighted by Crippen LogP contribution is 2.42. The van der Waals surface area contributed by atoms with Crippen molar-refractivity contribution >= 4 is 17.4 Å². The van der Waals surface area contributed by atoms with Crippen molar-refractivity contribution in [1.82, 2.24) is 4.90 Å². The van der Waals surface area contributed by atoms with Gasteiger partial charge >= 0.3 is 0 Å². The Morgan fingerprint density at radius 3 is 2.55 bits per heavy atom. The summed E-state index contributed by atoms with van der Waals surface area (Å²) in [5, 5.41) is 11.2. The van der Waals surface area contributed by atoms with Crippen molar-refractivity contribution in [3.8, 4) is 11.5 Å². The van der Waals surface area contributed by atoms with Gasteiger partial charge in [0.05, 0.1) is 31.4 Å². The smallest absolute Gasteiger partial charge is 0.295 e. The Hall–Kier alpha value is -3.32. The summed E-state index contributed by atoms with van der Waals surface area (Å²) < 4.78 is 16.9. The number of aliphatic hydroxyl groups is 1. The molecule has 2 heterocycles. The number of aliphatic hydroxyl groups excluding tert-OH is 1. The molecule has 0 aliphatic carbocycles. The van der Waals surface area contributed by atoms with Gasteiger partial charge in [0.1, 0.15) is 5.76 Å². The molecule has 0 bridgehead atoms. The first-order chi connectivity index (χ1) is 15.9. The van der Waals surface area contributed by atoms with Crippen molar-refractivity contribution < 1.29 is 28.9 Å². The van der Waals surface area contributed by atoms with E-state index in [1.807, 2.05) is 26.0 Å². The summed E-state index contributed by atoms with van der Waals surface area (Å²) in [6, 6.07) is 11.7. The minimum atomic E-state index is -0.764. The molecule has 7 heteroatoms. The largest absolute Gasteiger partial charge is 0.507 e. The van der Waals surface area contributed by atoms with Crippen LogP contribution in [0.2, 0.25) is 0 Å². The Morgan fingerprint density at radius 2 is 1.91 bits per heavy atom. The molecule has 4 rings (SSSR count). The maximum Gasteiger partial charge on any atom is 0.295 e. The van der Waals surface area contributed by atoms with Gasteiger partial charge in [-0.1, -0.05) is 35.9 Å². The third-order valence-corrected chi connectivity index (χ3v) is 6.09. The highest BCUT2D eigenvalue weighted by atomic mass is 16.5. The summed E-state index contributed by atoms with van der Waals surface area (Å²) in [7, 11) is 1.54. The Morgan fingerprint density at radius 1 is 1.15 bits per heavy atom. The van der Waals surface area contributed by atoms with Gasteiger partial charge in [0.2, 0.25) is 0 Å². The molecule has 174 valence electrons.